The first-order chi connectivity index (χ1) is 7.97. The quantitative estimate of drug-likeness (QED) is 0.447. The van der Waals surface area contributed by atoms with Crippen LogP contribution in [-0.2, 0) is 14.6 Å². The molecule has 0 aromatic heterocycles. The molecule has 94 valence electrons. The Labute approximate surface area is 101 Å². The van der Waals surface area contributed by atoms with Gasteiger partial charge in [-0.25, -0.2) is 8.42 Å². The third kappa shape index (κ3) is 3.83. The summed E-state index contributed by atoms with van der Waals surface area (Å²) in [5.41, 5.74) is 5.72. The van der Waals surface area contributed by atoms with Crippen molar-refractivity contribution in [1.82, 2.24) is 0 Å². The van der Waals surface area contributed by atoms with Crippen molar-refractivity contribution in [2.24, 2.45) is 5.73 Å². The Balaban J connectivity index is 2.91. The fourth-order valence-electron chi connectivity index (χ4n) is 1.29. The van der Waals surface area contributed by atoms with Crippen LogP contribution >= 0.6 is 0 Å². The van der Waals surface area contributed by atoms with Crippen LogP contribution in [0.5, 0.6) is 0 Å². The minimum atomic E-state index is -3.37. The number of amidine groups is 1. The zero-order valence-corrected chi connectivity index (χ0v) is 10.5. The van der Waals surface area contributed by atoms with Crippen LogP contribution in [0, 0.1) is 5.41 Å². The van der Waals surface area contributed by atoms with Crippen LogP contribution in [0.15, 0.2) is 29.2 Å². The Morgan fingerprint density at radius 3 is 2.76 bits per heavy atom. The second kappa shape index (κ2) is 5.79. The molecule has 6 heteroatoms. The zero-order valence-electron chi connectivity index (χ0n) is 9.64. The van der Waals surface area contributed by atoms with Gasteiger partial charge in [-0.3, -0.25) is 5.41 Å². The van der Waals surface area contributed by atoms with Crippen molar-refractivity contribution >= 4 is 15.7 Å². The number of nitrogens with two attached hydrogens (primary N) is 1. The number of rotatable bonds is 6. The van der Waals surface area contributed by atoms with Gasteiger partial charge in [-0.1, -0.05) is 12.1 Å². The summed E-state index contributed by atoms with van der Waals surface area (Å²) in [7, 11) is -3.37. The molecule has 0 spiro atoms. The minimum absolute atomic E-state index is 0.0673. The van der Waals surface area contributed by atoms with Gasteiger partial charge in [0.05, 0.1) is 17.3 Å². The van der Waals surface area contributed by atoms with E-state index in [1.807, 2.05) is 6.92 Å². The standard InChI is InChI=1S/C11H16N2O3S/c1-2-16-6-7-17(14,15)10-5-3-4-9(8-10)11(12)13/h3-5,8H,2,6-7H2,1H3,(H3,12,13). The zero-order chi connectivity index (χ0) is 12.9. The maximum atomic E-state index is 11.9. The van der Waals surface area contributed by atoms with Crippen LogP contribution in [0.4, 0.5) is 0 Å². The summed E-state index contributed by atoms with van der Waals surface area (Å²) >= 11 is 0. The van der Waals surface area contributed by atoms with E-state index in [0.29, 0.717) is 12.2 Å². The van der Waals surface area contributed by atoms with Gasteiger partial charge in [-0.05, 0) is 19.1 Å². The van der Waals surface area contributed by atoms with Crippen molar-refractivity contribution in [1.29, 1.82) is 5.41 Å². The van der Waals surface area contributed by atoms with Crippen LogP contribution in [0.25, 0.3) is 0 Å². The topological polar surface area (TPSA) is 93.2 Å². The molecule has 0 unspecified atom stereocenters. The van der Waals surface area contributed by atoms with Gasteiger partial charge in [-0.15, -0.1) is 0 Å². The van der Waals surface area contributed by atoms with Gasteiger partial charge in [0, 0.05) is 12.2 Å². The maximum absolute atomic E-state index is 11.9. The van der Waals surface area contributed by atoms with Crippen LogP contribution in [0.3, 0.4) is 0 Å². The molecular formula is C11H16N2O3S. The SMILES string of the molecule is CCOCCS(=O)(=O)c1cccc(C(=N)N)c1. The molecule has 0 saturated carbocycles. The Kier molecular flexibility index (Phi) is 4.65. The van der Waals surface area contributed by atoms with E-state index in [1.165, 1.54) is 12.1 Å². The molecule has 1 aromatic carbocycles. The van der Waals surface area contributed by atoms with Gasteiger partial charge < -0.3 is 10.5 Å². The summed E-state index contributed by atoms with van der Waals surface area (Å²) in [6, 6.07) is 6.07. The molecule has 0 saturated heterocycles. The lowest BCUT2D eigenvalue weighted by Crippen LogP contribution is -2.15. The highest BCUT2D eigenvalue weighted by Gasteiger charge is 2.14. The van der Waals surface area contributed by atoms with Gasteiger partial charge in [0.15, 0.2) is 9.84 Å². The third-order valence-electron chi connectivity index (χ3n) is 2.20. The van der Waals surface area contributed by atoms with Crippen molar-refractivity contribution < 1.29 is 13.2 Å². The average molecular weight is 256 g/mol. The van der Waals surface area contributed by atoms with Crippen LogP contribution < -0.4 is 5.73 Å². The minimum Gasteiger partial charge on any atom is -0.384 e. The third-order valence-corrected chi connectivity index (χ3v) is 3.88. The average Bonchev–Trinajstić information content (AvgIpc) is 2.29. The predicted molar refractivity (Wildman–Crippen MR) is 66.0 cm³/mol. The van der Waals surface area contributed by atoms with Gasteiger partial charge in [0.1, 0.15) is 5.84 Å². The van der Waals surface area contributed by atoms with Gasteiger partial charge in [0.25, 0.3) is 0 Å². The van der Waals surface area contributed by atoms with E-state index in [1.54, 1.807) is 12.1 Å². The molecule has 1 rings (SSSR count). The fourth-order valence-corrected chi connectivity index (χ4v) is 2.45. The van der Waals surface area contributed by atoms with Crippen LogP contribution in [0.1, 0.15) is 12.5 Å². The molecule has 0 heterocycles. The first kappa shape index (κ1) is 13.7. The van der Waals surface area contributed by atoms with Crippen molar-refractivity contribution in [3.05, 3.63) is 29.8 Å². The molecule has 0 aliphatic carbocycles. The van der Waals surface area contributed by atoms with Crippen LogP contribution in [0.2, 0.25) is 0 Å². The van der Waals surface area contributed by atoms with Crippen molar-refractivity contribution in [2.75, 3.05) is 19.0 Å². The summed E-state index contributed by atoms with van der Waals surface area (Å²) in [5, 5.41) is 7.26. The molecule has 5 nitrogen and oxygen atoms in total. The van der Waals surface area contributed by atoms with Gasteiger partial charge in [-0.2, -0.15) is 0 Å². The first-order valence-electron chi connectivity index (χ1n) is 5.22. The van der Waals surface area contributed by atoms with Gasteiger partial charge in [0.2, 0.25) is 0 Å². The number of ether oxygens (including phenoxy) is 1. The van der Waals surface area contributed by atoms with E-state index >= 15 is 0 Å². The lowest BCUT2D eigenvalue weighted by molar-refractivity contribution is 0.163. The van der Waals surface area contributed by atoms with Crippen molar-refractivity contribution in [3.63, 3.8) is 0 Å². The van der Waals surface area contributed by atoms with E-state index in [2.05, 4.69) is 0 Å². The van der Waals surface area contributed by atoms with E-state index in [0.717, 1.165) is 0 Å². The number of hydrogen-bond acceptors (Lipinski definition) is 4. The number of benzene rings is 1. The second-order valence-corrected chi connectivity index (χ2v) is 5.57. The highest BCUT2D eigenvalue weighted by Crippen LogP contribution is 2.13. The Hall–Kier alpha value is -1.40. The van der Waals surface area contributed by atoms with E-state index in [-0.39, 0.29) is 23.1 Å². The first-order valence-corrected chi connectivity index (χ1v) is 6.87. The van der Waals surface area contributed by atoms with E-state index in [4.69, 9.17) is 15.9 Å². The predicted octanol–water partition coefficient (Wildman–Crippen LogP) is 0.781. The number of hydrogen-bond donors (Lipinski definition) is 2. The molecular weight excluding hydrogens is 240 g/mol. The highest BCUT2D eigenvalue weighted by molar-refractivity contribution is 7.91. The monoisotopic (exact) mass is 256 g/mol. The molecule has 0 aliphatic rings. The van der Waals surface area contributed by atoms with E-state index < -0.39 is 9.84 Å². The van der Waals surface area contributed by atoms with Gasteiger partial charge >= 0.3 is 0 Å². The number of sulfone groups is 1. The Bertz CT molecular complexity index is 497. The molecule has 17 heavy (non-hydrogen) atoms. The van der Waals surface area contributed by atoms with Crippen molar-refractivity contribution in [2.45, 2.75) is 11.8 Å². The van der Waals surface area contributed by atoms with Crippen LogP contribution in [-0.4, -0.2) is 33.2 Å². The molecule has 0 bridgehead atoms. The van der Waals surface area contributed by atoms with E-state index in [9.17, 15) is 8.42 Å². The molecule has 3 N–H and O–H groups in total. The Morgan fingerprint density at radius 2 is 2.18 bits per heavy atom. The molecule has 1 aromatic rings. The molecule has 0 atom stereocenters. The molecule has 0 fully saturated rings. The summed E-state index contributed by atoms with van der Waals surface area (Å²) in [6.07, 6.45) is 0. The largest absolute Gasteiger partial charge is 0.384 e. The van der Waals surface area contributed by atoms with Crippen molar-refractivity contribution in [3.8, 4) is 0 Å². The Morgan fingerprint density at radius 1 is 1.47 bits per heavy atom. The lowest BCUT2D eigenvalue weighted by Gasteiger charge is -2.06. The molecule has 0 amide bonds. The summed E-state index contributed by atoms with van der Waals surface area (Å²) in [6.45, 7) is 2.47. The molecule has 0 radical (unpaired) electrons. The lowest BCUT2D eigenvalue weighted by atomic mass is 10.2. The smallest absolute Gasteiger partial charge is 0.180 e. The second-order valence-electron chi connectivity index (χ2n) is 3.46. The normalized spacial score (nSPS) is 11.4. The highest BCUT2D eigenvalue weighted by atomic mass is 32.2. The number of nitrogen functional groups attached to an aromatic ring is 1. The fraction of sp³-hybridized carbons (Fsp3) is 0.364. The maximum Gasteiger partial charge on any atom is 0.180 e. The summed E-state index contributed by atoms with van der Waals surface area (Å²) in [4.78, 5) is 0.171. The molecule has 0 aliphatic heterocycles. The summed E-state index contributed by atoms with van der Waals surface area (Å²) < 4.78 is 28.8. The number of nitrogens with one attached hydrogen (secondary N) is 1. The summed E-state index contributed by atoms with van der Waals surface area (Å²) in [5.74, 6) is -0.214.